The largest absolute Gasteiger partial charge is 0.497 e. The third-order valence-electron chi connectivity index (χ3n) is 3.49. The van der Waals surface area contributed by atoms with Gasteiger partial charge in [0.2, 0.25) is 0 Å². The Hall–Kier alpha value is -3.02. The van der Waals surface area contributed by atoms with Crippen LogP contribution in [0.2, 0.25) is 0 Å². The van der Waals surface area contributed by atoms with Gasteiger partial charge in [0, 0.05) is 17.3 Å². The molecule has 2 aromatic carbocycles. The number of amides is 2. The molecule has 0 aliphatic carbocycles. The quantitative estimate of drug-likeness (QED) is 0.827. The van der Waals surface area contributed by atoms with E-state index in [1.807, 2.05) is 6.07 Å². The van der Waals surface area contributed by atoms with E-state index in [-0.39, 0.29) is 0 Å². The van der Waals surface area contributed by atoms with Crippen molar-refractivity contribution in [2.75, 3.05) is 19.5 Å². The molecule has 0 saturated heterocycles. The minimum absolute atomic E-state index is 0.403. The van der Waals surface area contributed by atoms with Crippen molar-refractivity contribution in [2.45, 2.75) is 13.0 Å². The van der Waals surface area contributed by atoms with Crippen molar-refractivity contribution in [1.29, 1.82) is 0 Å². The van der Waals surface area contributed by atoms with Gasteiger partial charge < -0.3 is 20.1 Å². The first-order chi connectivity index (χ1) is 11.5. The number of anilines is 1. The molecule has 0 aliphatic rings. The van der Waals surface area contributed by atoms with E-state index in [0.717, 1.165) is 5.56 Å². The predicted octanol–water partition coefficient (Wildman–Crippen LogP) is 2.52. The zero-order chi connectivity index (χ0) is 17.5. The van der Waals surface area contributed by atoms with Gasteiger partial charge in [-0.15, -0.1) is 0 Å². The Morgan fingerprint density at radius 3 is 2.29 bits per heavy atom. The summed E-state index contributed by atoms with van der Waals surface area (Å²) in [6, 6.07) is 13.7. The van der Waals surface area contributed by atoms with E-state index in [0.29, 0.717) is 17.2 Å². The SMILES string of the molecule is COc1ccc([C@@H](C)NC(=O)C(=O)Nc2ccccc2)c(OC)c1. The lowest BCUT2D eigenvalue weighted by atomic mass is 10.1. The smallest absolute Gasteiger partial charge is 0.313 e. The fraction of sp³-hybridized carbons (Fsp3) is 0.222. The highest BCUT2D eigenvalue weighted by atomic mass is 16.5. The molecule has 0 aliphatic heterocycles. The van der Waals surface area contributed by atoms with Crippen LogP contribution in [-0.4, -0.2) is 26.0 Å². The average Bonchev–Trinajstić information content (AvgIpc) is 2.61. The number of hydrogen-bond acceptors (Lipinski definition) is 4. The number of para-hydroxylation sites is 1. The molecule has 2 aromatic rings. The highest BCUT2D eigenvalue weighted by Gasteiger charge is 2.19. The van der Waals surface area contributed by atoms with Crippen LogP contribution in [0, 0.1) is 0 Å². The number of rotatable bonds is 5. The van der Waals surface area contributed by atoms with E-state index in [4.69, 9.17) is 9.47 Å². The Labute approximate surface area is 140 Å². The Morgan fingerprint density at radius 1 is 0.958 bits per heavy atom. The molecule has 0 spiro atoms. The van der Waals surface area contributed by atoms with Gasteiger partial charge in [0.1, 0.15) is 11.5 Å². The maximum atomic E-state index is 12.1. The monoisotopic (exact) mass is 328 g/mol. The molecule has 2 N–H and O–H groups in total. The first kappa shape index (κ1) is 17.3. The summed E-state index contributed by atoms with van der Waals surface area (Å²) in [4.78, 5) is 24.0. The molecule has 24 heavy (non-hydrogen) atoms. The summed E-state index contributed by atoms with van der Waals surface area (Å²) in [6.45, 7) is 1.78. The highest BCUT2D eigenvalue weighted by molar-refractivity contribution is 6.39. The average molecular weight is 328 g/mol. The van der Waals surface area contributed by atoms with E-state index < -0.39 is 17.9 Å². The lowest BCUT2D eigenvalue weighted by molar-refractivity contribution is -0.136. The van der Waals surface area contributed by atoms with Crippen molar-refractivity contribution < 1.29 is 19.1 Å². The molecule has 6 nitrogen and oxygen atoms in total. The van der Waals surface area contributed by atoms with Crippen molar-refractivity contribution in [2.24, 2.45) is 0 Å². The van der Waals surface area contributed by atoms with Crippen molar-refractivity contribution in [3.63, 3.8) is 0 Å². The molecule has 0 bridgehead atoms. The Balaban J connectivity index is 2.04. The molecule has 0 unspecified atom stereocenters. The number of carbonyl (C=O) groups excluding carboxylic acids is 2. The summed E-state index contributed by atoms with van der Waals surface area (Å²) in [7, 11) is 3.10. The molecule has 0 radical (unpaired) electrons. The summed E-state index contributed by atoms with van der Waals surface area (Å²) in [5.74, 6) is -0.216. The molecular formula is C18H20N2O4. The Kier molecular flexibility index (Phi) is 5.78. The summed E-state index contributed by atoms with van der Waals surface area (Å²) in [5.41, 5.74) is 1.31. The zero-order valence-corrected chi connectivity index (χ0v) is 13.8. The van der Waals surface area contributed by atoms with Gasteiger partial charge in [0.15, 0.2) is 0 Å². The fourth-order valence-corrected chi connectivity index (χ4v) is 2.23. The van der Waals surface area contributed by atoms with E-state index in [2.05, 4.69) is 10.6 Å². The summed E-state index contributed by atoms with van der Waals surface area (Å²) < 4.78 is 10.5. The van der Waals surface area contributed by atoms with E-state index in [1.54, 1.807) is 56.5 Å². The normalized spacial score (nSPS) is 11.3. The van der Waals surface area contributed by atoms with Gasteiger partial charge in [-0.2, -0.15) is 0 Å². The van der Waals surface area contributed by atoms with Gasteiger partial charge in [0.25, 0.3) is 0 Å². The molecule has 2 amide bonds. The van der Waals surface area contributed by atoms with Crippen molar-refractivity contribution in [3.05, 3.63) is 54.1 Å². The molecule has 6 heteroatoms. The van der Waals surface area contributed by atoms with Crippen molar-refractivity contribution in [1.82, 2.24) is 5.32 Å². The maximum absolute atomic E-state index is 12.1. The summed E-state index contributed by atoms with van der Waals surface area (Å²) >= 11 is 0. The molecule has 0 saturated carbocycles. The van der Waals surface area contributed by atoms with Gasteiger partial charge in [-0.1, -0.05) is 18.2 Å². The number of methoxy groups -OCH3 is 2. The Morgan fingerprint density at radius 2 is 1.67 bits per heavy atom. The van der Waals surface area contributed by atoms with Crippen LogP contribution in [0.4, 0.5) is 5.69 Å². The predicted molar refractivity (Wildman–Crippen MR) is 91.2 cm³/mol. The Bertz CT molecular complexity index is 716. The topological polar surface area (TPSA) is 76.7 Å². The molecular weight excluding hydrogens is 308 g/mol. The molecule has 0 heterocycles. The number of hydrogen-bond donors (Lipinski definition) is 2. The second kappa shape index (κ2) is 8.01. The lowest BCUT2D eigenvalue weighted by Gasteiger charge is -2.17. The van der Waals surface area contributed by atoms with Crippen molar-refractivity contribution >= 4 is 17.5 Å². The van der Waals surface area contributed by atoms with Gasteiger partial charge in [-0.05, 0) is 31.2 Å². The van der Waals surface area contributed by atoms with Crippen LogP contribution in [0.5, 0.6) is 11.5 Å². The number of carbonyl (C=O) groups is 2. The summed E-state index contributed by atoms with van der Waals surface area (Å²) in [6.07, 6.45) is 0. The minimum atomic E-state index is -0.722. The first-order valence-corrected chi connectivity index (χ1v) is 7.44. The van der Waals surface area contributed by atoms with Crippen LogP contribution in [-0.2, 0) is 9.59 Å². The molecule has 0 fully saturated rings. The number of nitrogens with one attached hydrogen (secondary N) is 2. The lowest BCUT2D eigenvalue weighted by Crippen LogP contribution is -2.37. The highest BCUT2D eigenvalue weighted by Crippen LogP contribution is 2.29. The fourth-order valence-electron chi connectivity index (χ4n) is 2.23. The van der Waals surface area contributed by atoms with Crippen LogP contribution in [0.3, 0.4) is 0 Å². The number of ether oxygens (including phenoxy) is 2. The van der Waals surface area contributed by atoms with E-state index >= 15 is 0 Å². The molecule has 1 atom stereocenters. The van der Waals surface area contributed by atoms with E-state index in [9.17, 15) is 9.59 Å². The molecule has 126 valence electrons. The maximum Gasteiger partial charge on any atom is 0.313 e. The third-order valence-corrected chi connectivity index (χ3v) is 3.49. The van der Waals surface area contributed by atoms with Crippen LogP contribution < -0.4 is 20.1 Å². The molecule has 0 aromatic heterocycles. The zero-order valence-electron chi connectivity index (χ0n) is 13.8. The van der Waals surface area contributed by atoms with Crippen molar-refractivity contribution in [3.8, 4) is 11.5 Å². The van der Waals surface area contributed by atoms with Gasteiger partial charge >= 0.3 is 11.8 Å². The van der Waals surface area contributed by atoms with Gasteiger partial charge in [-0.3, -0.25) is 9.59 Å². The minimum Gasteiger partial charge on any atom is -0.497 e. The van der Waals surface area contributed by atoms with Crippen LogP contribution >= 0.6 is 0 Å². The van der Waals surface area contributed by atoms with Crippen LogP contribution in [0.15, 0.2) is 48.5 Å². The molecule has 2 rings (SSSR count). The van der Waals surface area contributed by atoms with Crippen LogP contribution in [0.25, 0.3) is 0 Å². The van der Waals surface area contributed by atoms with Gasteiger partial charge in [-0.25, -0.2) is 0 Å². The van der Waals surface area contributed by atoms with E-state index in [1.165, 1.54) is 7.11 Å². The van der Waals surface area contributed by atoms with Crippen LogP contribution in [0.1, 0.15) is 18.5 Å². The third kappa shape index (κ3) is 4.25. The second-order valence-corrected chi connectivity index (χ2v) is 5.12. The second-order valence-electron chi connectivity index (χ2n) is 5.12. The standard InChI is InChI=1S/C18H20N2O4/c1-12(15-10-9-14(23-2)11-16(15)24-3)19-17(21)18(22)20-13-7-5-4-6-8-13/h4-12H,1-3H3,(H,19,21)(H,20,22)/t12-/m1/s1. The first-order valence-electron chi connectivity index (χ1n) is 7.44. The van der Waals surface area contributed by atoms with Gasteiger partial charge in [0.05, 0.1) is 20.3 Å². The number of benzene rings is 2. The summed E-state index contributed by atoms with van der Waals surface area (Å²) in [5, 5.41) is 5.20.